The molecule has 0 aliphatic carbocycles. The van der Waals surface area contributed by atoms with Crippen molar-refractivity contribution in [2.75, 3.05) is 0 Å². The van der Waals surface area contributed by atoms with Crippen LogP contribution in [0.3, 0.4) is 0 Å². The second kappa shape index (κ2) is 4.90. The van der Waals surface area contributed by atoms with E-state index in [1.807, 2.05) is 0 Å². The minimum atomic E-state index is -0.686. The molecular weight excluding hydrogens is 278 g/mol. The molecule has 0 aliphatic rings. The number of hydrogen-bond acceptors (Lipinski definition) is 4. The van der Waals surface area contributed by atoms with Crippen LogP contribution in [0.15, 0.2) is 57.9 Å². The van der Waals surface area contributed by atoms with E-state index in [9.17, 15) is 9.59 Å². The van der Waals surface area contributed by atoms with Gasteiger partial charge in [-0.2, -0.15) is 4.98 Å². The van der Waals surface area contributed by atoms with Gasteiger partial charge in [0.25, 0.3) is 0 Å². The standard InChI is InChI=1S/C15H8ClNO3/c16-12-5-3-9(4-6-12)14(18)10-1-2-11-8-17-15(19)20-13(11)7-10/h1-8H. The molecule has 3 rings (SSSR count). The zero-order chi connectivity index (χ0) is 14.1. The van der Waals surface area contributed by atoms with Crippen LogP contribution in [0.4, 0.5) is 0 Å². The van der Waals surface area contributed by atoms with E-state index in [1.165, 1.54) is 12.3 Å². The van der Waals surface area contributed by atoms with Gasteiger partial charge >= 0.3 is 5.76 Å². The maximum atomic E-state index is 12.3. The molecule has 0 bridgehead atoms. The highest BCUT2D eigenvalue weighted by Crippen LogP contribution is 2.18. The third-order valence-corrected chi connectivity index (χ3v) is 3.14. The van der Waals surface area contributed by atoms with Crippen LogP contribution in [0.5, 0.6) is 0 Å². The molecule has 0 spiro atoms. The van der Waals surface area contributed by atoms with Gasteiger partial charge in [-0.05, 0) is 36.4 Å². The van der Waals surface area contributed by atoms with Crippen molar-refractivity contribution in [3.05, 3.63) is 75.4 Å². The van der Waals surface area contributed by atoms with Crippen molar-refractivity contribution in [2.45, 2.75) is 0 Å². The molecule has 0 radical (unpaired) electrons. The SMILES string of the molecule is O=C(c1ccc(Cl)cc1)c1ccc2cnc(=O)oc2c1. The van der Waals surface area contributed by atoms with Gasteiger partial charge in [0.2, 0.25) is 0 Å². The Kier molecular flexibility index (Phi) is 3.08. The average molecular weight is 286 g/mol. The summed E-state index contributed by atoms with van der Waals surface area (Å²) in [5, 5.41) is 1.23. The van der Waals surface area contributed by atoms with E-state index in [-0.39, 0.29) is 5.78 Å². The zero-order valence-corrected chi connectivity index (χ0v) is 10.9. The first-order valence-electron chi connectivity index (χ1n) is 5.84. The van der Waals surface area contributed by atoms with Crippen LogP contribution in [0.1, 0.15) is 15.9 Å². The molecule has 0 saturated heterocycles. The Bertz CT molecular complexity index is 853. The molecule has 0 N–H and O–H groups in total. The highest BCUT2D eigenvalue weighted by molar-refractivity contribution is 6.30. The van der Waals surface area contributed by atoms with Crippen LogP contribution in [0, 0.1) is 0 Å². The number of halogens is 1. The van der Waals surface area contributed by atoms with Crippen LogP contribution in [-0.4, -0.2) is 10.8 Å². The quantitative estimate of drug-likeness (QED) is 0.679. The molecule has 2 aromatic carbocycles. The van der Waals surface area contributed by atoms with Gasteiger partial charge in [0.1, 0.15) is 5.58 Å². The van der Waals surface area contributed by atoms with E-state index >= 15 is 0 Å². The zero-order valence-electron chi connectivity index (χ0n) is 10.2. The molecule has 98 valence electrons. The Morgan fingerprint density at radius 3 is 2.50 bits per heavy atom. The number of nitrogens with zero attached hydrogens (tertiary/aromatic N) is 1. The molecule has 1 aromatic heterocycles. The van der Waals surface area contributed by atoms with Gasteiger partial charge in [-0.3, -0.25) is 4.79 Å². The maximum absolute atomic E-state index is 12.3. The lowest BCUT2D eigenvalue weighted by molar-refractivity contribution is 0.103. The Labute approximate surface area is 118 Å². The molecule has 5 heteroatoms. The van der Waals surface area contributed by atoms with E-state index in [0.29, 0.717) is 27.1 Å². The Hall–Kier alpha value is -2.46. The van der Waals surface area contributed by atoms with Crippen molar-refractivity contribution < 1.29 is 9.21 Å². The van der Waals surface area contributed by atoms with Crippen molar-refractivity contribution in [3.63, 3.8) is 0 Å². The molecule has 20 heavy (non-hydrogen) atoms. The third-order valence-electron chi connectivity index (χ3n) is 2.89. The highest BCUT2D eigenvalue weighted by atomic mass is 35.5. The first kappa shape index (κ1) is 12.6. The van der Waals surface area contributed by atoms with Gasteiger partial charge in [0, 0.05) is 27.7 Å². The van der Waals surface area contributed by atoms with Gasteiger partial charge < -0.3 is 4.42 Å². The number of hydrogen-bond donors (Lipinski definition) is 0. The first-order chi connectivity index (χ1) is 9.63. The van der Waals surface area contributed by atoms with Crippen molar-refractivity contribution in [2.24, 2.45) is 0 Å². The average Bonchev–Trinajstić information content (AvgIpc) is 2.46. The second-order valence-corrected chi connectivity index (χ2v) is 4.65. The third kappa shape index (κ3) is 2.33. The fourth-order valence-electron chi connectivity index (χ4n) is 1.88. The maximum Gasteiger partial charge on any atom is 0.439 e. The van der Waals surface area contributed by atoms with Crippen LogP contribution in [0.2, 0.25) is 5.02 Å². The van der Waals surface area contributed by atoms with Crippen molar-refractivity contribution >= 4 is 28.4 Å². The fraction of sp³-hybridized carbons (Fsp3) is 0. The molecular formula is C15H8ClNO3. The molecule has 4 nitrogen and oxygen atoms in total. The molecule has 0 fully saturated rings. The minimum absolute atomic E-state index is 0.164. The van der Waals surface area contributed by atoms with Gasteiger partial charge in [0.15, 0.2) is 5.78 Å². The van der Waals surface area contributed by atoms with Crippen LogP contribution >= 0.6 is 11.6 Å². The number of benzene rings is 2. The number of rotatable bonds is 2. The Balaban J connectivity index is 2.07. The summed E-state index contributed by atoms with van der Waals surface area (Å²) in [5.41, 5.74) is 1.30. The van der Waals surface area contributed by atoms with E-state index < -0.39 is 5.76 Å². The lowest BCUT2D eigenvalue weighted by Crippen LogP contribution is -2.04. The van der Waals surface area contributed by atoms with Gasteiger partial charge in [0.05, 0.1) is 0 Å². The number of ketones is 1. The van der Waals surface area contributed by atoms with Crippen molar-refractivity contribution in [3.8, 4) is 0 Å². The smallest absolute Gasteiger partial charge is 0.408 e. The normalized spacial score (nSPS) is 10.7. The summed E-state index contributed by atoms with van der Waals surface area (Å²) < 4.78 is 4.97. The van der Waals surface area contributed by atoms with Crippen LogP contribution in [0.25, 0.3) is 11.0 Å². The lowest BCUT2D eigenvalue weighted by Gasteiger charge is -2.02. The molecule has 0 amide bonds. The molecule has 0 saturated carbocycles. The van der Waals surface area contributed by atoms with E-state index in [0.717, 1.165) is 0 Å². The molecule has 0 aliphatic heterocycles. The number of fused-ring (bicyclic) bond motifs is 1. The summed E-state index contributed by atoms with van der Waals surface area (Å²) in [7, 11) is 0. The monoisotopic (exact) mass is 285 g/mol. The van der Waals surface area contributed by atoms with Crippen LogP contribution in [-0.2, 0) is 0 Å². The van der Waals surface area contributed by atoms with E-state index in [4.69, 9.17) is 16.0 Å². The summed E-state index contributed by atoms with van der Waals surface area (Å²) in [6.07, 6.45) is 1.41. The minimum Gasteiger partial charge on any atom is -0.408 e. The Morgan fingerprint density at radius 2 is 1.75 bits per heavy atom. The van der Waals surface area contributed by atoms with E-state index in [1.54, 1.807) is 36.4 Å². The fourth-order valence-corrected chi connectivity index (χ4v) is 2.01. The molecule has 3 aromatic rings. The number of carbonyl (C=O) groups is 1. The predicted molar refractivity (Wildman–Crippen MR) is 75.2 cm³/mol. The summed E-state index contributed by atoms with van der Waals surface area (Å²) >= 11 is 5.79. The van der Waals surface area contributed by atoms with Gasteiger partial charge in [-0.25, -0.2) is 4.79 Å². The summed E-state index contributed by atoms with van der Waals surface area (Å²) in [6.45, 7) is 0. The van der Waals surface area contributed by atoms with Crippen molar-refractivity contribution in [1.29, 1.82) is 0 Å². The molecule has 0 atom stereocenters. The second-order valence-electron chi connectivity index (χ2n) is 4.21. The topological polar surface area (TPSA) is 60.2 Å². The summed E-state index contributed by atoms with van der Waals surface area (Å²) in [5.74, 6) is -0.850. The van der Waals surface area contributed by atoms with Crippen LogP contribution < -0.4 is 5.76 Å². The number of aromatic nitrogens is 1. The largest absolute Gasteiger partial charge is 0.439 e. The van der Waals surface area contributed by atoms with Gasteiger partial charge in [-0.1, -0.05) is 17.7 Å². The first-order valence-corrected chi connectivity index (χ1v) is 6.21. The highest BCUT2D eigenvalue weighted by Gasteiger charge is 2.10. The number of carbonyl (C=O) groups excluding carboxylic acids is 1. The summed E-state index contributed by atoms with van der Waals surface area (Å²) in [6, 6.07) is 11.5. The predicted octanol–water partition coefficient (Wildman–Crippen LogP) is 3.07. The molecule has 1 heterocycles. The van der Waals surface area contributed by atoms with E-state index in [2.05, 4.69) is 4.98 Å². The van der Waals surface area contributed by atoms with Gasteiger partial charge in [-0.15, -0.1) is 0 Å². The summed E-state index contributed by atoms with van der Waals surface area (Å²) in [4.78, 5) is 26.9. The molecule has 0 unspecified atom stereocenters. The van der Waals surface area contributed by atoms with Crippen molar-refractivity contribution in [1.82, 2.24) is 4.98 Å². The Morgan fingerprint density at radius 1 is 1.05 bits per heavy atom. The lowest BCUT2D eigenvalue weighted by atomic mass is 10.0.